The van der Waals surface area contributed by atoms with Crippen molar-refractivity contribution in [3.8, 4) is 0 Å². The van der Waals surface area contributed by atoms with Gasteiger partial charge in [-0.25, -0.2) is 0 Å². The van der Waals surface area contributed by atoms with E-state index in [1.165, 1.54) is 0 Å². The first-order valence-corrected chi connectivity index (χ1v) is 6.97. The van der Waals surface area contributed by atoms with E-state index in [2.05, 4.69) is 0 Å². The molecule has 0 unspecified atom stereocenters. The Balaban J connectivity index is 2.25. The first-order chi connectivity index (χ1) is 9.99. The van der Waals surface area contributed by atoms with Gasteiger partial charge in [0.25, 0.3) is 5.91 Å². The second-order valence-corrected chi connectivity index (χ2v) is 5.51. The van der Waals surface area contributed by atoms with E-state index in [0.717, 1.165) is 33.3 Å². The molecule has 0 radical (unpaired) electrons. The lowest BCUT2D eigenvalue weighted by atomic mass is 10.0. The zero-order valence-corrected chi connectivity index (χ0v) is 12.5. The maximum absolute atomic E-state index is 13.0. The van der Waals surface area contributed by atoms with Crippen LogP contribution >= 0.6 is 0 Å². The van der Waals surface area contributed by atoms with Crippen LogP contribution in [0.4, 0.5) is 5.69 Å². The van der Waals surface area contributed by atoms with E-state index in [1.54, 1.807) is 4.57 Å². The zero-order chi connectivity index (χ0) is 15.1. The third-order valence-corrected chi connectivity index (χ3v) is 3.91. The van der Waals surface area contributed by atoms with Gasteiger partial charge in [0.15, 0.2) is 0 Å². The lowest BCUT2D eigenvalue weighted by Crippen LogP contribution is -2.16. The highest BCUT2D eigenvalue weighted by molar-refractivity contribution is 6.05. The van der Waals surface area contributed by atoms with Crippen molar-refractivity contribution in [1.29, 1.82) is 0 Å². The van der Waals surface area contributed by atoms with Crippen LogP contribution in [0.1, 0.15) is 27.2 Å². The van der Waals surface area contributed by atoms with Gasteiger partial charge in [0.05, 0.1) is 5.52 Å². The van der Waals surface area contributed by atoms with E-state index in [1.807, 2.05) is 63.2 Å². The summed E-state index contributed by atoms with van der Waals surface area (Å²) in [7, 11) is 0. The molecule has 3 rings (SSSR count). The van der Waals surface area contributed by atoms with Crippen molar-refractivity contribution in [3.63, 3.8) is 0 Å². The van der Waals surface area contributed by atoms with E-state index in [-0.39, 0.29) is 5.91 Å². The van der Waals surface area contributed by atoms with Crippen LogP contribution in [0.5, 0.6) is 0 Å². The Morgan fingerprint density at radius 3 is 2.33 bits per heavy atom. The van der Waals surface area contributed by atoms with Crippen LogP contribution in [0, 0.1) is 20.8 Å². The fraction of sp³-hybridized carbons (Fsp3) is 0.167. The molecule has 3 heteroatoms. The highest BCUT2D eigenvalue weighted by Gasteiger charge is 2.18. The molecule has 0 spiro atoms. The molecule has 2 N–H and O–H groups in total. The smallest absolute Gasteiger partial charge is 0.263 e. The number of nitrogens with two attached hydrogens (primary N) is 1. The maximum atomic E-state index is 13.0. The molecule has 0 aliphatic rings. The summed E-state index contributed by atoms with van der Waals surface area (Å²) in [6, 6.07) is 13.6. The molecule has 1 heterocycles. The largest absolute Gasteiger partial charge is 0.399 e. The molecule has 0 aliphatic carbocycles. The van der Waals surface area contributed by atoms with E-state index >= 15 is 0 Å². The molecule has 21 heavy (non-hydrogen) atoms. The average molecular weight is 278 g/mol. The molecule has 0 atom stereocenters. The number of aryl methyl sites for hydroxylation is 3. The number of hydrogen-bond acceptors (Lipinski definition) is 2. The maximum Gasteiger partial charge on any atom is 0.263 e. The Kier molecular flexibility index (Phi) is 3.05. The molecular weight excluding hydrogens is 260 g/mol. The molecule has 0 aliphatic heterocycles. The first-order valence-electron chi connectivity index (χ1n) is 6.97. The summed E-state index contributed by atoms with van der Waals surface area (Å²) >= 11 is 0. The molecule has 0 amide bonds. The third-order valence-electron chi connectivity index (χ3n) is 3.91. The molecule has 3 aromatic rings. The molecule has 0 saturated carbocycles. The third kappa shape index (κ3) is 2.11. The summed E-state index contributed by atoms with van der Waals surface area (Å²) < 4.78 is 1.77. The number of anilines is 1. The van der Waals surface area contributed by atoms with Gasteiger partial charge >= 0.3 is 0 Å². The minimum absolute atomic E-state index is 0.0165. The number of benzene rings is 2. The van der Waals surface area contributed by atoms with Crippen LogP contribution in [0.2, 0.25) is 0 Å². The molecule has 2 aromatic carbocycles. The van der Waals surface area contributed by atoms with Crippen LogP contribution in [-0.2, 0) is 0 Å². The van der Waals surface area contributed by atoms with Gasteiger partial charge in [-0.1, -0.05) is 18.2 Å². The Bertz CT molecular complexity index is 839. The van der Waals surface area contributed by atoms with Gasteiger partial charge in [-0.2, -0.15) is 0 Å². The molecule has 1 aromatic heterocycles. The fourth-order valence-corrected chi connectivity index (χ4v) is 2.91. The van der Waals surface area contributed by atoms with Crippen molar-refractivity contribution in [2.24, 2.45) is 0 Å². The molecule has 106 valence electrons. The van der Waals surface area contributed by atoms with Crippen LogP contribution in [-0.4, -0.2) is 10.5 Å². The molecule has 3 nitrogen and oxygen atoms in total. The van der Waals surface area contributed by atoms with Gasteiger partial charge in [0.2, 0.25) is 0 Å². The van der Waals surface area contributed by atoms with Crippen LogP contribution < -0.4 is 5.73 Å². The van der Waals surface area contributed by atoms with Crippen LogP contribution in [0.15, 0.2) is 42.5 Å². The number of carbonyl (C=O) groups excluding carboxylic acids is 1. The highest BCUT2D eigenvalue weighted by atomic mass is 16.2. The number of carbonyl (C=O) groups is 1. The van der Waals surface area contributed by atoms with Crippen molar-refractivity contribution in [3.05, 3.63) is 64.8 Å². The number of aromatic nitrogens is 1. The quantitative estimate of drug-likeness (QED) is 0.687. The number of hydrogen-bond donors (Lipinski definition) is 1. The highest BCUT2D eigenvalue weighted by Crippen LogP contribution is 2.25. The summed E-state index contributed by atoms with van der Waals surface area (Å²) in [5.41, 5.74) is 11.1. The van der Waals surface area contributed by atoms with Gasteiger partial charge < -0.3 is 5.73 Å². The minimum atomic E-state index is 0.0165. The van der Waals surface area contributed by atoms with E-state index < -0.39 is 0 Å². The van der Waals surface area contributed by atoms with Crippen LogP contribution in [0.25, 0.3) is 10.9 Å². The monoisotopic (exact) mass is 278 g/mol. The lowest BCUT2D eigenvalue weighted by molar-refractivity contribution is 0.0962. The SMILES string of the molecule is Cc1cccc(C)c1C(=O)n1c(C)cc2cc(N)ccc21. The van der Waals surface area contributed by atoms with Crippen molar-refractivity contribution in [2.45, 2.75) is 20.8 Å². The summed E-state index contributed by atoms with van der Waals surface area (Å²) in [4.78, 5) is 13.0. The first kappa shape index (κ1) is 13.4. The second kappa shape index (κ2) is 4.77. The summed E-state index contributed by atoms with van der Waals surface area (Å²) in [6.45, 7) is 5.89. The number of rotatable bonds is 1. The van der Waals surface area contributed by atoms with Crippen molar-refractivity contribution < 1.29 is 4.79 Å². The van der Waals surface area contributed by atoms with Gasteiger partial charge in [-0.05, 0) is 56.2 Å². The Hall–Kier alpha value is -2.55. The summed E-state index contributed by atoms with van der Waals surface area (Å²) in [5.74, 6) is 0.0165. The number of nitrogen functional groups attached to an aromatic ring is 1. The Morgan fingerprint density at radius 2 is 1.67 bits per heavy atom. The Morgan fingerprint density at radius 1 is 1.00 bits per heavy atom. The van der Waals surface area contributed by atoms with Crippen molar-refractivity contribution in [2.75, 3.05) is 5.73 Å². The number of fused-ring (bicyclic) bond motifs is 1. The lowest BCUT2D eigenvalue weighted by Gasteiger charge is -2.12. The van der Waals surface area contributed by atoms with Crippen molar-refractivity contribution in [1.82, 2.24) is 4.57 Å². The Labute approximate surface area is 124 Å². The summed E-state index contributed by atoms with van der Waals surface area (Å²) in [5, 5.41) is 0.993. The van der Waals surface area contributed by atoms with Crippen molar-refractivity contribution >= 4 is 22.5 Å². The fourth-order valence-electron chi connectivity index (χ4n) is 2.91. The van der Waals surface area contributed by atoms with E-state index in [4.69, 9.17) is 5.73 Å². The molecule has 0 saturated heterocycles. The molecule has 0 fully saturated rings. The van der Waals surface area contributed by atoms with Gasteiger partial charge in [0, 0.05) is 22.3 Å². The molecule has 0 bridgehead atoms. The predicted octanol–water partition coefficient (Wildman–Crippen LogP) is 3.84. The zero-order valence-electron chi connectivity index (χ0n) is 12.5. The minimum Gasteiger partial charge on any atom is -0.399 e. The normalized spacial score (nSPS) is 11.0. The topological polar surface area (TPSA) is 48.0 Å². The second-order valence-electron chi connectivity index (χ2n) is 5.51. The van der Waals surface area contributed by atoms with E-state index in [0.29, 0.717) is 5.69 Å². The average Bonchev–Trinajstić information content (AvgIpc) is 2.73. The van der Waals surface area contributed by atoms with Gasteiger partial charge in [0.1, 0.15) is 0 Å². The number of nitrogens with zero attached hydrogens (tertiary/aromatic N) is 1. The predicted molar refractivity (Wildman–Crippen MR) is 86.7 cm³/mol. The van der Waals surface area contributed by atoms with E-state index in [9.17, 15) is 4.79 Å². The standard InChI is InChI=1S/C18H18N2O/c1-11-5-4-6-12(2)17(11)18(21)20-13(3)9-14-10-15(19)7-8-16(14)20/h4-10H,19H2,1-3H3. The van der Waals surface area contributed by atoms with Gasteiger partial charge in [-0.15, -0.1) is 0 Å². The van der Waals surface area contributed by atoms with Crippen LogP contribution in [0.3, 0.4) is 0 Å². The summed E-state index contributed by atoms with van der Waals surface area (Å²) in [6.07, 6.45) is 0. The molecular formula is C18H18N2O. The van der Waals surface area contributed by atoms with Gasteiger partial charge in [-0.3, -0.25) is 9.36 Å².